The predicted octanol–water partition coefficient (Wildman–Crippen LogP) is 0.670. The standard InChI is InChI=1S/C4H6N2/c1-4-5-2-3-6(4)5/h2-4H,1H3. The molecule has 2 heteroatoms. The van der Waals surface area contributed by atoms with Gasteiger partial charge in [-0.05, 0) is 6.92 Å². The topological polar surface area (TPSA) is 9.86 Å². The van der Waals surface area contributed by atoms with E-state index < -0.39 is 0 Å². The molecule has 2 rings (SSSR count). The average molecular weight is 82.1 g/mol. The van der Waals surface area contributed by atoms with Gasteiger partial charge in [-0.15, -0.1) is 0 Å². The summed E-state index contributed by atoms with van der Waals surface area (Å²) in [5.74, 6) is 0. The van der Waals surface area contributed by atoms with Crippen LogP contribution in [0.1, 0.15) is 13.1 Å². The smallest absolute Gasteiger partial charge is 0.136 e. The fourth-order valence-electron chi connectivity index (χ4n) is 0.768. The molecule has 0 aliphatic carbocycles. The van der Waals surface area contributed by atoms with E-state index in [1.165, 1.54) is 0 Å². The zero-order valence-electron chi connectivity index (χ0n) is 3.63. The summed E-state index contributed by atoms with van der Waals surface area (Å²) in [5.41, 5.74) is 0. The summed E-state index contributed by atoms with van der Waals surface area (Å²) >= 11 is 0. The predicted molar refractivity (Wildman–Crippen MR) is 22.5 cm³/mol. The van der Waals surface area contributed by atoms with Crippen molar-refractivity contribution in [1.82, 2.24) is 9.36 Å². The first-order chi connectivity index (χ1) is 2.89. The number of fused-ring (bicyclic) bond motifs is 1. The van der Waals surface area contributed by atoms with Crippen molar-refractivity contribution in [3.8, 4) is 0 Å². The third kappa shape index (κ3) is 0.0889. The van der Waals surface area contributed by atoms with Crippen LogP contribution < -0.4 is 0 Å². The van der Waals surface area contributed by atoms with Crippen molar-refractivity contribution in [3.63, 3.8) is 0 Å². The maximum Gasteiger partial charge on any atom is 0.136 e. The summed E-state index contributed by atoms with van der Waals surface area (Å²) in [6, 6.07) is 0. The van der Waals surface area contributed by atoms with E-state index in [0.717, 1.165) is 0 Å². The van der Waals surface area contributed by atoms with Crippen LogP contribution in [0.2, 0.25) is 0 Å². The van der Waals surface area contributed by atoms with Crippen LogP contribution in [0.25, 0.3) is 0 Å². The van der Waals surface area contributed by atoms with Crippen LogP contribution in [0.15, 0.2) is 12.4 Å². The van der Waals surface area contributed by atoms with Gasteiger partial charge in [-0.3, -0.25) is 9.36 Å². The van der Waals surface area contributed by atoms with E-state index in [4.69, 9.17) is 0 Å². The average Bonchev–Trinajstić information content (AvgIpc) is 1.63. The Labute approximate surface area is 36.0 Å². The molecular weight excluding hydrogens is 76.1 g/mol. The Morgan fingerprint density at radius 3 is 1.83 bits per heavy atom. The van der Waals surface area contributed by atoms with Crippen LogP contribution in [0.4, 0.5) is 0 Å². The van der Waals surface area contributed by atoms with Crippen LogP contribution in [0.3, 0.4) is 0 Å². The largest absolute Gasteiger partial charge is 0.265 e. The molecule has 0 aromatic carbocycles. The number of hydrogen-bond acceptors (Lipinski definition) is 0. The highest BCUT2D eigenvalue weighted by Crippen LogP contribution is 2.24. The molecule has 32 valence electrons. The minimum Gasteiger partial charge on any atom is -0.265 e. The van der Waals surface area contributed by atoms with E-state index in [9.17, 15) is 0 Å². The van der Waals surface area contributed by atoms with Gasteiger partial charge in [0.15, 0.2) is 0 Å². The van der Waals surface area contributed by atoms with Gasteiger partial charge < -0.3 is 0 Å². The molecule has 0 N–H and O–H groups in total. The summed E-state index contributed by atoms with van der Waals surface area (Å²) < 4.78 is 4.33. The molecule has 0 amide bonds. The van der Waals surface area contributed by atoms with E-state index in [0.29, 0.717) is 6.17 Å². The van der Waals surface area contributed by atoms with Crippen LogP contribution in [0, 0.1) is 0 Å². The van der Waals surface area contributed by atoms with Crippen molar-refractivity contribution in [2.75, 3.05) is 0 Å². The molecule has 1 aromatic rings. The van der Waals surface area contributed by atoms with Gasteiger partial charge >= 0.3 is 0 Å². The fourth-order valence-corrected chi connectivity index (χ4v) is 0.768. The van der Waals surface area contributed by atoms with E-state index in [2.05, 4.69) is 28.7 Å². The monoisotopic (exact) mass is 82.1 g/mol. The Hall–Kier alpha value is -0.660. The second-order valence-corrected chi connectivity index (χ2v) is 1.69. The molecule has 0 atom stereocenters. The Bertz CT molecular complexity index is 143. The first kappa shape index (κ1) is 2.50. The number of hydrogen-bond donors (Lipinski definition) is 0. The third-order valence-corrected chi connectivity index (χ3v) is 1.35. The van der Waals surface area contributed by atoms with E-state index in [1.54, 1.807) is 0 Å². The number of aromatic nitrogens is 2. The summed E-state index contributed by atoms with van der Waals surface area (Å²) in [4.78, 5) is 0. The highest BCUT2D eigenvalue weighted by Gasteiger charge is 2.24. The van der Waals surface area contributed by atoms with Crippen LogP contribution in [-0.4, -0.2) is 9.36 Å². The van der Waals surface area contributed by atoms with Crippen LogP contribution in [-0.2, 0) is 0 Å². The van der Waals surface area contributed by atoms with Gasteiger partial charge in [0.05, 0.1) is 0 Å². The first-order valence-electron chi connectivity index (χ1n) is 2.14. The molecule has 2 nitrogen and oxygen atoms in total. The normalized spacial score (nSPS) is 18.2. The van der Waals surface area contributed by atoms with Gasteiger partial charge in [0.25, 0.3) is 0 Å². The molecular formula is C4H6N2. The zero-order valence-corrected chi connectivity index (χ0v) is 3.63. The second kappa shape index (κ2) is 0.453. The SMILES string of the molecule is CC1n2ccn21. The Kier molecular flexibility index (Phi) is 0.189. The summed E-state index contributed by atoms with van der Waals surface area (Å²) in [5, 5.41) is 0. The lowest BCUT2D eigenvalue weighted by Crippen LogP contribution is -1.75. The Morgan fingerprint density at radius 1 is 1.33 bits per heavy atom. The van der Waals surface area contributed by atoms with Crippen molar-refractivity contribution < 1.29 is 0 Å². The lowest BCUT2D eigenvalue weighted by molar-refractivity contribution is 0.907. The zero-order chi connectivity index (χ0) is 4.15. The van der Waals surface area contributed by atoms with Gasteiger partial charge in [-0.1, -0.05) is 0 Å². The highest BCUT2D eigenvalue weighted by atomic mass is 15.7. The highest BCUT2D eigenvalue weighted by molar-refractivity contribution is 4.93. The molecule has 0 unspecified atom stereocenters. The molecule has 2 heterocycles. The van der Waals surface area contributed by atoms with Crippen LogP contribution >= 0.6 is 0 Å². The molecule has 0 radical (unpaired) electrons. The van der Waals surface area contributed by atoms with Gasteiger partial charge in [-0.2, -0.15) is 0 Å². The molecule has 1 aromatic heterocycles. The summed E-state index contributed by atoms with van der Waals surface area (Å²) in [6.45, 7) is 2.17. The van der Waals surface area contributed by atoms with E-state index >= 15 is 0 Å². The van der Waals surface area contributed by atoms with Crippen LogP contribution in [0.5, 0.6) is 0 Å². The molecule has 1 aliphatic heterocycles. The summed E-state index contributed by atoms with van der Waals surface area (Å²) in [6.07, 6.45) is 4.83. The van der Waals surface area contributed by atoms with E-state index in [-0.39, 0.29) is 0 Å². The number of nitrogens with zero attached hydrogens (tertiary/aromatic N) is 2. The van der Waals surface area contributed by atoms with Crippen molar-refractivity contribution in [3.05, 3.63) is 12.4 Å². The van der Waals surface area contributed by atoms with Crippen molar-refractivity contribution in [2.24, 2.45) is 0 Å². The van der Waals surface area contributed by atoms with Gasteiger partial charge in [-0.25, -0.2) is 0 Å². The van der Waals surface area contributed by atoms with Crippen molar-refractivity contribution in [2.45, 2.75) is 13.1 Å². The molecule has 0 fully saturated rings. The quantitative estimate of drug-likeness (QED) is 0.435. The first-order valence-corrected chi connectivity index (χ1v) is 2.14. The lowest BCUT2D eigenvalue weighted by atomic mass is 10.7. The Morgan fingerprint density at radius 2 is 1.83 bits per heavy atom. The van der Waals surface area contributed by atoms with Crippen molar-refractivity contribution >= 4 is 0 Å². The molecule has 0 saturated carbocycles. The number of rotatable bonds is 0. The second-order valence-electron chi connectivity index (χ2n) is 1.69. The Balaban J connectivity index is 2.55. The molecule has 1 aliphatic rings. The van der Waals surface area contributed by atoms with Crippen molar-refractivity contribution in [1.29, 1.82) is 0 Å². The molecule has 0 spiro atoms. The molecule has 6 heavy (non-hydrogen) atoms. The maximum atomic E-state index is 2.17. The lowest BCUT2D eigenvalue weighted by Gasteiger charge is -1.76. The third-order valence-electron chi connectivity index (χ3n) is 1.35. The summed E-state index contributed by atoms with van der Waals surface area (Å²) in [7, 11) is 0. The van der Waals surface area contributed by atoms with Gasteiger partial charge in [0, 0.05) is 12.4 Å². The van der Waals surface area contributed by atoms with Gasteiger partial charge in [0.1, 0.15) is 6.17 Å². The molecule has 0 bridgehead atoms. The minimum absolute atomic E-state index is 0.685. The molecule has 0 saturated heterocycles. The maximum absolute atomic E-state index is 2.17. The van der Waals surface area contributed by atoms with Gasteiger partial charge in [0.2, 0.25) is 0 Å². The van der Waals surface area contributed by atoms with E-state index in [1.807, 2.05) is 0 Å². The fraction of sp³-hybridized carbons (Fsp3) is 0.500. The minimum atomic E-state index is 0.685.